The predicted molar refractivity (Wildman–Crippen MR) is 201 cm³/mol. The molecule has 0 amide bonds. The Bertz CT molecular complexity index is 2630. The summed E-state index contributed by atoms with van der Waals surface area (Å²) in [6.07, 6.45) is 0. The molecule has 8 aromatic carbocycles. The minimum absolute atomic E-state index is 1.00. The fourth-order valence-electron chi connectivity index (χ4n) is 7.21. The Kier molecular flexibility index (Phi) is 6.43. The van der Waals surface area contributed by atoms with Crippen LogP contribution in [0.3, 0.4) is 0 Å². The van der Waals surface area contributed by atoms with Gasteiger partial charge in [-0.1, -0.05) is 140 Å². The van der Waals surface area contributed by atoms with Crippen LogP contribution in [0, 0.1) is 6.92 Å². The molecule has 0 saturated heterocycles. The Labute approximate surface area is 274 Å². The Hall–Kier alpha value is -6.05. The van der Waals surface area contributed by atoms with E-state index in [9.17, 15) is 0 Å². The van der Waals surface area contributed by atoms with E-state index in [1.165, 1.54) is 76.5 Å². The van der Waals surface area contributed by atoms with Crippen molar-refractivity contribution in [2.45, 2.75) is 6.92 Å². The third-order valence-corrected chi connectivity index (χ3v) is 9.50. The summed E-state index contributed by atoms with van der Waals surface area (Å²) >= 11 is 0. The lowest BCUT2D eigenvalue weighted by molar-refractivity contribution is 1.21. The second-order valence-corrected chi connectivity index (χ2v) is 12.4. The molecule has 1 heterocycles. The number of benzene rings is 8. The Balaban J connectivity index is 1.32. The molecule has 0 N–H and O–H groups in total. The number of aryl methyl sites for hydroxylation is 1. The van der Waals surface area contributed by atoms with Crippen molar-refractivity contribution < 1.29 is 0 Å². The molecule has 1 nitrogen and oxygen atoms in total. The summed E-state index contributed by atoms with van der Waals surface area (Å²) in [6.45, 7) is 2.04. The molecule has 0 aliphatic heterocycles. The van der Waals surface area contributed by atoms with Crippen molar-refractivity contribution in [1.29, 1.82) is 0 Å². The first-order valence-electron chi connectivity index (χ1n) is 16.2. The lowest BCUT2D eigenvalue weighted by atomic mass is 9.84. The zero-order valence-corrected chi connectivity index (χ0v) is 26.1. The van der Waals surface area contributed by atoms with Crippen molar-refractivity contribution in [2.75, 3.05) is 0 Å². The van der Waals surface area contributed by atoms with Crippen molar-refractivity contribution in [1.82, 2.24) is 4.98 Å². The maximum Gasteiger partial charge on any atom is 0.0705 e. The van der Waals surface area contributed by atoms with Gasteiger partial charge in [-0.05, 0) is 114 Å². The summed E-state index contributed by atoms with van der Waals surface area (Å²) in [6, 6.07) is 62.0. The van der Waals surface area contributed by atoms with E-state index in [0.29, 0.717) is 0 Å². The molecule has 0 bridgehead atoms. The molecule has 220 valence electrons. The quantitative estimate of drug-likeness (QED) is 0.184. The summed E-state index contributed by atoms with van der Waals surface area (Å²) < 4.78 is 0. The molecule has 0 fully saturated rings. The largest absolute Gasteiger partial charge is 0.253 e. The average molecular weight is 598 g/mol. The van der Waals surface area contributed by atoms with Crippen LogP contribution in [0.1, 0.15) is 5.69 Å². The van der Waals surface area contributed by atoms with Crippen molar-refractivity contribution in [2.24, 2.45) is 0 Å². The van der Waals surface area contributed by atoms with Crippen molar-refractivity contribution in [3.63, 3.8) is 0 Å². The predicted octanol–water partition coefficient (Wildman–Crippen LogP) is 12.7. The smallest absolute Gasteiger partial charge is 0.0705 e. The molecule has 0 atom stereocenters. The molecule has 9 aromatic rings. The minimum atomic E-state index is 1.00. The van der Waals surface area contributed by atoms with Crippen LogP contribution in [-0.4, -0.2) is 4.98 Å². The normalized spacial score (nSPS) is 11.5. The maximum absolute atomic E-state index is 4.74. The summed E-state index contributed by atoms with van der Waals surface area (Å²) in [5.74, 6) is 0. The highest BCUT2D eigenvalue weighted by Gasteiger charge is 2.18. The van der Waals surface area contributed by atoms with Gasteiger partial charge in [0.05, 0.1) is 5.69 Å². The van der Waals surface area contributed by atoms with Gasteiger partial charge in [-0.15, -0.1) is 0 Å². The van der Waals surface area contributed by atoms with Gasteiger partial charge < -0.3 is 0 Å². The van der Waals surface area contributed by atoms with Crippen molar-refractivity contribution >= 4 is 43.1 Å². The topological polar surface area (TPSA) is 12.9 Å². The monoisotopic (exact) mass is 597 g/mol. The van der Waals surface area contributed by atoms with E-state index < -0.39 is 0 Å². The lowest BCUT2D eigenvalue weighted by Gasteiger charge is -2.19. The van der Waals surface area contributed by atoms with Gasteiger partial charge in [0.25, 0.3) is 0 Å². The van der Waals surface area contributed by atoms with E-state index in [4.69, 9.17) is 4.98 Å². The van der Waals surface area contributed by atoms with Crippen LogP contribution >= 0.6 is 0 Å². The molecule has 0 aliphatic carbocycles. The van der Waals surface area contributed by atoms with Gasteiger partial charge in [0.1, 0.15) is 0 Å². The van der Waals surface area contributed by atoms with Gasteiger partial charge in [-0.3, -0.25) is 4.98 Å². The van der Waals surface area contributed by atoms with Crippen LogP contribution in [-0.2, 0) is 0 Å². The Morgan fingerprint density at radius 3 is 1.43 bits per heavy atom. The van der Waals surface area contributed by atoms with Gasteiger partial charge >= 0.3 is 0 Å². The number of aromatic nitrogens is 1. The summed E-state index contributed by atoms with van der Waals surface area (Å²) in [4.78, 5) is 4.74. The van der Waals surface area contributed by atoms with Crippen LogP contribution in [0.25, 0.3) is 87.7 Å². The summed E-state index contributed by atoms with van der Waals surface area (Å²) in [5.41, 5.74) is 10.5. The van der Waals surface area contributed by atoms with E-state index in [2.05, 4.69) is 164 Å². The van der Waals surface area contributed by atoms with E-state index in [1.807, 2.05) is 13.0 Å². The Morgan fingerprint density at radius 2 is 0.809 bits per heavy atom. The van der Waals surface area contributed by atoms with E-state index in [1.54, 1.807) is 0 Å². The molecule has 1 heteroatoms. The van der Waals surface area contributed by atoms with E-state index >= 15 is 0 Å². The molecule has 0 aliphatic rings. The number of pyridine rings is 1. The second-order valence-electron chi connectivity index (χ2n) is 12.4. The third kappa shape index (κ3) is 4.76. The van der Waals surface area contributed by atoms with Gasteiger partial charge in [-0.25, -0.2) is 0 Å². The van der Waals surface area contributed by atoms with Crippen LogP contribution in [0.4, 0.5) is 0 Å². The molecule has 0 unspecified atom stereocenters. The van der Waals surface area contributed by atoms with Gasteiger partial charge in [0, 0.05) is 11.3 Å². The molecule has 9 rings (SSSR count). The molecule has 1 aromatic heterocycles. The number of hydrogen-bond acceptors (Lipinski definition) is 1. The van der Waals surface area contributed by atoms with Crippen LogP contribution in [0.2, 0.25) is 0 Å². The van der Waals surface area contributed by atoms with E-state index in [0.717, 1.165) is 17.0 Å². The van der Waals surface area contributed by atoms with Gasteiger partial charge in [0.15, 0.2) is 0 Å². The molecule has 0 saturated carbocycles. The van der Waals surface area contributed by atoms with Gasteiger partial charge in [-0.2, -0.15) is 0 Å². The average Bonchev–Trinajstić information content (AvgIpc) is 3.13. The van der Waals surface area contributed by atoms with Crippen molar-refractivity contribution in [3.05, 3.63) is 176 Å². The summed E-state index contributed by atoms with van der Waals surface area (Å²) in [7, 11) is 0. The molecule has 0 spiro atoms. The second kappa shape index (κ2) is 11.1. The number of hydrogen-bond donors (Lipinski definition) is 0. The fraction of sp³-hybridized carbons (Fsp3) is 0.0217. The molecule has 47 heavy (non-hydrogen) atoms. The third-order valence-electron chi connectivity index (χ3n) is 9.50. The molecule has 0 radical (unpaired) electrons. The highest BCUT2D eigenvalue weighted by Crippen LogP contribution is 2.45. The maximum atomic E-state index is 4.74. The first kappa shape index (κ1) is 27.3. The summed E-state index contributed by atoms with van der Waals surface area (Å²) in [5, 5.41) is 10.0. The first-order valence-corrected chi connectivity index (χ1v) is 16.2. The number of nitrogens with zero attached hydrogens (tertiary/aromatic N) is 1. The van der Waals surface area contributed by atoms with Crippen molar-refractivity contribution in [3.8, 4) is 44.6 Å². The number of fused-ring (bicyclic) bond motifs is 4. The van der Waals surface area contributed by atoms with Crippen LogP contribution in [0.15, 0.2) is 170 Å². The lowest BCUT2D eigenvalue weighted by Crippen LogP contribution is -1.92. The van der Waals surface area contributed by atoms with Crippen LogP contribution in [0.5, 0.6) is 0 Å². The highest BCUT2D eigenvalue weighted by atomic mass is 14.7. The molecular weight excluding hydrogens is 567 g/mol. The van der Waals surface area contributed by atoms with E-state index in [-0.39, 0.29) is 0 Å². The standard InChI is InChI=1S/C46H31N/c1-30-9-8-16-44(47-30)34-21-17-33(18-22-34)37-25-26-42-43(29-37)46(39-24-20-32-11-3-5-13-36(32)28-39)41-15-7-6-14-40(41)45(42)38-23-19-31-10-2-4-12-35(31)27-38/h2-29H,1H3. The zero-order chi connectivity index (χ0) is 31.3. The SMILES string of the molecule is Cc1cccc(-c2ccc(-c3ccc4c(-c5ccc6ccccc6c5)c5ccccc5c(-c5ccc6ccccc6c5)c4c3)cc2)n1. The highest BCUT2D eigenvalue weighted by molar-refractivity contribution is 6.22. The minimum Gasteiger partial charge on any atom is -0.253 e. The fourth-order valence-corrected chi connectivity index (χ4v) is 7.21. The Morgan fingerprint density at radius 1 is 0.319 bits per heavy atom. The first-order chi connectivity index (χ1) is 23.2. The van der Waals surface area contributed by atoms with Gasteiger partial charge in [0.2, 0.25) is 0 Å². The number of rotatable bonds is 4. The molecular formula is C46H31N. The van der Waals surface area contributed by atoms with Crippen LogP contribution < -0.4 is 0 Å². The zero-order valence-electron chi connectivity index (χ0n) is 26.1.